The maximum Gasteiger partial charge on any atom is 0.246 e. The highest BCUT2D eigenvalue weighted by Crippen LogP contribution is 2.12. The summed E-state index contributed by atoms with van der Waals surface area (Å²) in [6, 6.07) is 15.9. The van der Waals surface area contributed by atoms with Gasteiger partial charge < -0.3 is 15.5 Å². The zero-order valence-electron chi connectivity index (χ0n) is 17.8. The second-order valence-corrected chi connectivity index (χ2v) is 7.10. The largest absolute Gasteiger partial charge is 0.357 e. The van der Waals surface area contributed by atoms with Gasteiger partial charge >= 0.3 is 0 Å². The molecule has 8 heteroatoms. The summed E-state index contributed by atoms with van der Waals surface area (Å²) in [5.41, 5.74) is 2.69. The number of benzene rings is 2. The first kappa shape index (κ1) is 22.0. The van der Waals surface area contributed by atoms with Crippen LogP contribution in [0.1, 0.15) is 18.1 Å². The number of anilines is 1. The Morgan fingerprint density at radius 3 is 2.68 bits per heavy atom. The van der Waals surface area contributed by atoms with Crippen molar-refractivity contribution in [1.82, 2.24) is 20.0 Å². The van der Waals surface area contributed by atoms with Crippen LogP contribution in [0.15, 0.2) is 72.0 Å². The van der Waals surface area contributed by atoms with Gasteiger partial charge in [-0.1, -0.05) is 24.3 Å². The van der Waals surface area contributed by atoms with Crippen LogP contribution in [0.25, 0.3) is 0 Å². The molecule has 3 aromatic rings. The van der Waals surface area contributed by atoms with Crippen molar-refractivity contribution in [3.63, 3.8) is 0 Å². The van der Waals surface area contributed by atoms with Gasteiger partial charge in [-0.2, -0.15) is 5.10 Å². The second-order valence-electron chi connectivity index (χ2n) is 7.10. The summed E-state index contributed by atoms with van der Waals surface area (Å²) < 4.78 is 14.7. The molecular weight excluding hydrogens is 395 g/mol. The molecule has 3 rings (SSSR count). The minimum atomic E-state index is -0.247. The number of rotatable bonds is 8. The molecule has 1 aromatic heterocycles. The van der Waals surface area contributed by atoms with E-state index in [4.69, 9.17) is 4.99 Å². The van der Waals surface area contributed by atoms with E-state index in [0.29, 0.717) is 13.1 Å². The Hall–Kier alpha value is -3.68. The fourth-order valence-electron chi connectivity index (χ4n) is 3.06. The number of carbonyl (C=O) groups excluding carboxylic acids is 1. The zero-order valence-corrected chi connectivity index (χ0v) is 17.8. The quantitative estimate of drug-likeness (QED) is 0.432. The van der Waals surface area contributed by atoms with E-state index in [1.165, 1.54) is 12.1 Å². The molecule has 0 saturated carbocycles. The van der Waals surface area contributed by atoms with E-state index in [1.807, 2.05) is 43.1 Å². The molecule has 0 spiro atoms. The smallest absolute Gasteiger partial charge is 0.246 e. The lowest BCUT2D eigenvalue weighted by Crippen LogP contribution is -2.38. The Bertz CT molecular complexity index is 1000. The maximum absolute atomic E-state index is 13.1. The molecule has 0 saturated heterocycles. The van der Waals surface area contributed by atoms with Crippen molar-refractivity contribution in [3.05, 3.63) is 83.9 Å². The normalized spacial score (nSPS) is 11.3. The summed E-state index contributed by atoms with van der Waals surface area (Å²) in [5, 5.41) is 10.2. The van der Waals surface area contributed by atoms with Crippen LogP contribution in [-0.4, -0.2) is 40.1 Å². The first-order chi connectivity index (χ1) is 15.0. The molecule has 0 unspecified atom stereocenters. The van der Waals surface area contributed by atoms with Gasteiger partial charge in [-0.05, 0) is 48.4 Å². The lowest BCUT2D eigenvalue weighted by Gasteiger charge is -2.22. The molecular formula is C23H27FN6O. The van der Waals surface area contributed by atoms with Gasteiger partial charge in [0.1, 0.15) is 12.4 Å². The highest BCUT2D eigenvalue weighted by atomic mass is 19.1. The van der Waals surface area contributed by atoms with Gasteiger partial charge in [0.05, 0.1) is 6.54 Å². The Morgan fingerprint density at radius 2 is 1.97 bits per heavy atom. The van der Waals surface area contributed by atoms with Gasteiger partial charge in [-0.15, -0.1) is 0 Å². The molecule has 0 atom stereocenters. The predicted molar refractivity (Wildman–Crippen MR) is 120 cm³/mol. The molecule has 0 aliphatic carbocycles. The maximum atomic E-state index is 13.1. The molecule has 1 amide bonds. The van der Waals surface area contributed by atoms with Crippen LogP contribution in [0.3, 0.4) is 0 Å². The van der Waals surface area contributed by atoms with Crippen molar-refractivity contribution in [2.45, 2.75) is 26.6 Å². The van der Waals surface area contributed by atoms with Gasteiger partial charge in [0.15, 0.2) is 5.96 Å². The molecule has 31 heavy (non-hydrogen) atoms. The fourth-order valence-corrected chi connectivity index (χ4v) is 3.06. The molecule has 0 fully saturated rings. The van der Waals surface area contributed by atoms with E-state index in [9.17, 15) is 9.18 Å². The summed E-state index contributed by atoms with van der Waals surface area (Å²) >= 11 is 0. The summed E-state index contributed by atoms with van der Waals surface area (Å²) in [6.07, 6.45) is 3.39. The van der Waals surface area contributed by atoms with Gasteiger partial charge in [-0.3, -0.25) is 9.48 Å². The van der Waals surface area contributed by atoms with E-state index in [0.717, 1.165) is 29.3 Å². The topological polar surface area (TPSA) is 74.5 Å². The second kappa shape index (κ2) is 10.9. The number of aromatic nitrogens is 2. The molecule has 0 radical (unpaired) electrons. The molecule has 7 nitrogen and oxygen atoms in total. The molecule has 162 valence electrons. The number of amides is 1. The number of halogens is 1. The van der Waals surface area contributed by atoms with Gasteiger partial charge in [0.25, 0.3) is 0 Å². The number of nitrogens with one attached hydrogen (secondary N) is 2. The van der Waals surface area contributed by atoms with Crippen molar-refractivity contribution in [3.8, 4) is 0 Å². The van der Waals surface area contributed by atoms with Crippen molar-refractivity contribution in [1.29, 1.82) is 0 Å². The van der Waals surface area contributed by atoms with E-state index < -0.39 is 0 Å². The Morgan fingerprint density at radius 1 is 1.16 bits per heavy atom. The van der Waals surface area contributed by atoms with Crippen molar-refractivity contribution in [2.75, 3.05) is 18.9 Å². The molecule has 1 heterocycles. The van der Waals surface area contributed by atoms with E-state index in [2.05, 4.69) is 15.7 Å². The fraction of sp³-hybridized carbons (Fsp3) is 0.261. The third-order valence-corrected chi connectivity index (χ3v) is 4.52. The molecule has 0 bridgehead atoms. The van der Waals surface area contributed by atoms with Crippen molar-refractivity contribution < 1.29 is 9.18 Å². The lowest BCUT2D eigenvalue weighted by molar-refractivity contribution is -0.116. The number of carbonyl (C=O) groups is 1. The van der Waals surface area contributed by atoms with Gasteiger partial charge in [-0.25, -0.2) is 9.38 Å². The van der Waals surface area contributed by atoms with Crippen LogP contribution < -0.4 is 10.6 Å². The SMILES string of the molecule is CCNC(=NCc1cccc(NC(=O)Cn2cccn2)c1)N(C)Cc1ccc(F)cc1. The van der Waals surface area contributed by atoms with Gasteiger partial charge in [0, 0.05) is 38.2 Å². The monoisotopic (exact) mass is 422 g/mol. The molecule has 2 N–H and O–H groups in total. The Balaban J connectivity index is 1.62. The first-order valence-corrected chi connectivity index (χ1v) is 10.1. The Labute approximate surface area is 181 Å². The number of hydrogen-bond donors (Lipinski definition) is 2. The average molecular weight is 423 g/mol. The number of hydrogen-bond acceptors (Lipinski definition) is 3. The van der Waals surface area contributed by atoms with E-state index in [-0.39, 0.29) is 18.3 Å². The van der Waals surface area contributed by atoms with Crippen LogP contribution >= 0.6 is 0 Å². The van der Waals surface area contributed by atoms with E-state index >= 15 is 0 Å². The zero-order chi connectivity index (χ0) is 22.1. The highest BCUT2D eigenvalue weighted by molar-refractivity contribution is 5.90. The standard InChI is InChI=1S/C23H27FN6O/c1-3-25-23(29(2)16-18-8-10-20(24)11-9-18)26-15-19-6-4-7-21(14-19)28-22(31)17-30-13-5-12-27-30/h4-14H,3,15-17H2,1-2H3,(H,25,26)(H,28,31). The van der Waals surface area contributed by atoms with E-state index in [1.54, 1.807) is 35.3 Å². The van der Waals surface area contributed by atoms with Crippen LogP contribution in [0.5, 0.6) is 0 Å². The minimum absolute atomic E-state index is 0.142. The first-order valence-electron chi connectivity index (χ1n) is 10.1. The third kappa shape index (κ3) is 6.95. The van der Waals surface area contributed by atoms with Gasteiger partial charge in [0.2, 0.25) is 5.91 Å². The summed E-state index contributed by atoms with van der Waals surface area (Å²) in [6.45, 7) is 3.97. The Kier molecular flexibility index (Phi) is 7.75. The summed E-state index contributed by atoms with van der Waals surface area (Å²) in [7, 11) is 1.94. The molecule has 0 aliphatic heterocycles. The lowest BCUT2D eigenvalue weighted by atomic mass is 10.2. The number of guanidine groups is 1. The number of nitrogens with zero attached hydrogens (tertiary/aromatic N) is 4. The summed E-state index contributed by atoms with van der Waals surface area (Å²) in [4.78, 5) is 18.9. The predicted octanol–water partition coefficient (Wildman–Crippen LogP) is 3.26. The molecule has 0 aliphatic rings. The van der Waals surface area contributed by atoms with Crippen LogP contribution in [-0.2, 0) is 24.4 Å². The van der Waals surface area contributed by atoms with Crippen LogP contribution in [0.4, 0.5) is 10.1 Å². The highest BCUT2D eigenvalue weighted by Gasteiger charge is 2.08. The molecule has 2 aromatic carbocycles. The van der Waals surface area contributed by atoms with Crippen molar-refractivity contribution in [2.24, 2.45) is 4.99 Å². The summed E-state index contributed by atoms with van der Waals surface area (Å²) in [5.74, 6) is 0.361. The average Bonchev–Trinajstić information content (AvgIpc) is 3.26. The van der Waals surface area contributed by atoms with Crippen molar-refractivity contribution >= 4 is 17.6 Å². The van der Waals surface area contributed by atoms with Crippen LogP contribution in [0, 0.1) is 5.82 Å². The third-order valence-electron chi connectivity index (χ3n) is 4.52. The number of aliphatic imine (C=N–C) groups is 1. The van der Waals surface area contributed by atoms with Crippen LogP contribution in [0.2, 0.25) is 0 Å². The minimum Gasteiger partial charge on any atom is -0.357 e.